The smallest absolute Gasteiger partial charge is 0.244 e. The number of nitrogens with one attached hydrogen (secondary N) is 1. The molecule has 1 unspecified atom stereocenters. The van der Waals surface area contributed by atoms with Gasteiger partial charge in [0.15, 0.2) is 0 Å². The van der Waals surface area contributed by atoms with E-state index in [1.165, 1.54) is 49.0 Å². The summed E-state index contributed by atoms with van der Waals surface area (Å²) in [5, 5.41) is 3.66. The Morgan fingerprint density at radius 2 is 1.50 bits per heavy atom. The molecule has 0 aromatic heterocycles. The first-order chi connectivity index (χ1) is 22.9. The first-order valence-corrected chi connectivity index (χ1v) is 19.7. The van der Waals surface area contributed by atoms with Crippen LogP contribution < -0.4 is 9.62 Å². The monoisotopic (exact) mass is 709 g/mol. The molecule has 0 heterocycles. The van der Waals surface area contributed by atoms with Gasteiger partial charge in [0.1, 0.15) is 12.6 Å². The Bertz CT molecular complexity index is 1700. The van der Waals surface area contributed by atoms with Crippen molar-refractivity contribution in [1.29, 1.82) is 0 Å². The second-order valence-electron chi connectivity index (χ2n) is 14.3. The molecular weight excluding hydrogens is 665 g/mol. The van der Waals surface area contributed by atoms with Crippen LogP contribution in [0.15, 0.2) is 72.8 Å². The third-order valence-electron chi connectivity index (χ3n) is 10.6. The standard InChI is InChI=1S/C38H45Cl2N3O4S/c1-3-15-41-37(45)35(20-26-7-5-4-6-8-26)42(24-27-9-14-33(39)34(40)19-27)36(44)25-43(48(2,46)47)32-12-10-31(11-13-32)38-21-28-16-29(22-38)18-30(17-28)23-38/h4-14,19,28-30,35H,3,15-18,20-25H2,1-2H3,(H,41,45). The van der Waals surface area contributed by atoms with Gasteiger partial charge in [-0.05, 0) is 109 Å². The molecule has 7 rings (SSSR count). The van der Waals surface area contributed by atoms with Crippen LogP contribution >= 0.6 is 23.2 Å². The van der Waals surface area contributed by atoms with E-state index in [0.29, 0.717) is 27.8 Å². The molecule has 0 radical (unpaired) electrons. The largest absolute Gasteiger partial charge is 0.354 e. The number of benzene rings is 3. The number of amides is 2. The highest BCUT2D eigenvalue weighted by Gasteiger charge is 2.51. The van der Waals surface area contributed by atoms with Gasteiger partial charge in [0.25, 0.3) is 0 Å². The van der Waals surface area contributed by atoms with Crippen molar-refractivity contribution in [1.82, 2.24) is 10.2 Å². The van der Waals surface area contributed by atoms with E-state index in [1.54, 1.807) is 18.2 Å². The van der Waals surface area contributed by atoms with E-state index in [9.17, 15) is 18.0 Å². The van der Waals surface area contributed by atoms with Gasteiger partial charge in [0, 0.05) is 19.5 Å². The Labute approximate surface area is 295 Å². The van der Waals surface area contributed by atoms with Crippen LogP contribution in [0.25, 0.3) is 0 Å². The SMILES string of the molecule is CCCNC(=O)C(Cc1ccccc1)N(Cc1ccc(Cl)c(Cl)c1)C(=O)CN(c1ccc(C23CC4CC(CC(C4)C2)C3)cc1)S(C)(=O)=O. The molecule has 7 nitrogen and oxygen atoms in total. The fraction of sp³-hybridized carbons (Fsp3) is 0.474. The molecule has 10 heteroatoms. The Kier molecular flexibility index (Phi) is 10.4. The molecule has 48 heavy (non-hydrogen) atoms. The van der Waals surface area contributed by atoms with Crippen LogP contribution in [0.3, 0.4) is 0 Å². The minimum Gasteiger partial charge on any atom is -0.354 e. The summed E-state index contributed by atoms with van der Waals surface area (Å²) in [6.45, 7) is 1.99. The molecule has 256 valence electrons. The Balaban J connectivity index is 1.31. The molecule has 4 bridgehead atoms. The van der Waals surface area contributed by atoms with Gasteiger partial charge in [0.05, 0.1) is 22.0 Å². The molecule has 1 N–H and O–H groups in total. The summed E-state index contributed by atoms with van der Waals surface area (Å²) >= 11 is 12.5. The van der Waals surface area contributed by atoms with E-state index >= 15 is 0 Å². The lowest BCUT2D eigenvalue weighted by Gasteiger charge is -2.57. The fourth-order valence-electron chi connectivity index (χ4n) is 8.81. The molecule has 1 atom stereocenters. The van der Waals surface area contributed by atoms with E-state index in [2.05, 4.69) is 17.4 Å². The highest BCUT2D eigenvalue weighted by molar-refractivity contribution is 7.92. The van der Waals surface area contributed by atoms with Crippen molar-refractivity contribution in [2.45, 2.75) is 76.3 Å². The summed E-state index contributed by atoms with van der Waals surface area (Å²) in [5.74, 6) is 1.58. The number of sulfonamides is 1. The molecule has 2 amide bonds. The van der Waals surface area contributed by atoms with Crippen LogP contribution in [-0.4, -0.2) is 50.5 Å². The molecule has 0 saturated heterocycles. The Hall–Kier alpha value is -3.07. The second-order valence-corrected chi connectivity index (χ2v) is 17.0. The van der Waals surface area contributed by atoms with E-state index in [-0.39, 0.29) is 24.3 Å². The molecule has 3 aromatic rings. The van der Waals surface area contributed by atoms with Crippen molar-refractivity contribution in [2.75, 3.05) is 23.7 Å². The highest BCUT2D eigenvalue weighted by Crippen LogP contribution is 2.60. The van der Waals surface area contributed by atoms with E-state index in [1.807, 2.05) is 49.4 Å². The predicted molar refractivity (Wildman–Crippen MR) is 193 cm³/mol. The lowest BCUT2D eigenvalue weighted by atomic mass is 9.48. The van der Waals surface area contributed by atoms with Gasteiger partial charge in [-0.25, -0.2) is 8.42 Å². The molecule has 4 saturated carbocycles. The number of halogens is 2. The summed E-state index contributed by atoms with van der Waals surface area (Å²) in [4.78, 5) is 29.6. The van der Waals surface area contributed by atoms with Crippen LogP contribution in [0, 0.1) is 17.8 Å². The fourth-order valence-corrected chi connectivity index (χ4v) is 9.98. The zero-order valence-electron chi connectivity index (χ0n) is 27.7. The Morgan fingerprint density at radius 3 is 2.06 bits per heavy atom. The van der Waals surface area contributed by atoms with E-state index in [4.69, 9.17) is 23.2 Å². The minimum absolute atomic E-state index is 0.0370. The van der Waals surface area contributed by atoms with Gasteiger partial charge >= 0.3 is 0 Å². The lowest BCUT2D eigenvalue weighted by Crippen LogP contribution is -2.53. The number of anilines is 1. The van der Waals surface area contributed by atoms with Crippen LogP contribution in [0.4, 0.5) is 5.69 Å². The zero-order valence-corrected chi connectivity index (χ0v) is 30.0. The van der Waals surface area contributed by atoms with Crippen molar-refractivity contribution in [3.63, 3.8) is 0 Å². The first-order valence-electron chi connectivity index (χ1n) is 17.1. The lowest BCUT2D eigenvalue weighted by molar-refractivity contribution is -0.140. The number of carbonyl (C=O) groups is 2. The average molecular weight is 711 g/mol. The van der Waals surface area contributed by atoms with Gasteiger partial charge in [-0.3, -0.25) is 13.9 Å². The number of nitrogens with zero attached hydrogens (tertiary/aromatic N) is 2. The van der Waals surface area contributed by atoms with Crippen molar-refractivity contribution in [3.8, 4) is 0 Å². The van der Waals surface area contributed by atoms with Crippen LogP contribution in [-0.2, 0) is 38.0 Å². The molecular formula is C38H45Cl2N3O4S. The summed E-state index contributed by atoms with van der Waals surface area (Å²) in [5.41, 5.74) is 3.43. The second kappa shape index (κ2) is 14.4. The quantitative estimate of drug-likeness (QED) is 0.201. The van der Waals surface area contributed by atoms with E-state index < -0.39 is 28.5 Å². The van der Waals surface area contributed by atoms with Gasteiger partial charge in [-0.1, -0.05) is 78.7 Å². The van der Waals surface area contributed by atoms with Gasteiger partial charge < -0.3 is 10.2 Å². The summed E-state index contributed by atoms with van der Waals surface area (Å²) in [6.07, 6.45) is 9.77. The third kappa shape index (κ3) is 7.71. The number of carbonyl (C=O) groups excluding carboxylic acids is 2. The summed E-state index contributed by atoms with van der Waals surface area (Å²) in [6, 6.07) is 21.5. The van der Waals surface area contributed by atoms with Gasteiger partial charge in [0.2, 0.25) is 21.8 Å². The highest BCUT2D eigenvalue weighted by atomic mass is 35.5. The zero-order chi connectivity index (χ0) is 34.1. The van der Waals surface area contributed by atoms with Crippen molar-refractivity contribution < 1.29 is 18.0 Å². The van der Waals surface area contributed by atoms with Crippen molar-refractivity contribution in [3.05, 3.63) is 99.5 Å². The number of hydrogen-bond acceptors (Lipinski definition) is 4. The minimum atomic E-state index is -3.86. The van der Waals surface area contributed by atoms with Crippen LogP contribution in [0.2, 0.25) is 10.0 Å². The predicted octanol–water partition coefficient (Wildman–Crippen LogP) is 7.39. The maximum Gasteiger partial charge on any atom is 0.244 e. The maximum atomic E-state index is 14.4. The normalized spacial score (nSPS) is 23.5. The third-order valence-corrected chi connectivity index (χ3v) is 12.5. The summed E-state index contributed by atoms with van der Waals surface area (Å²) < 4.78 is 27.8. The molecule has 0 spiro atoms. The topological polar surface area (TPSA) is 86.8 Å². The van der Waals surface area contributed by atoms with Crippen molar-refractivity contribution >= 4 is 50.7 Å². The van der Waals surface area contributed by atoms with E-state index in [0.717, 1.165) is 40.3 Å². The summed E-state index contributed by atoms with van der Waals surface area (Å²) in [7, 11) is -3.86. The molecule has 4 aliphatic rings. The maximum absolute atomic E-state index is 14.4. The van der Waals surface area contributed by atoms with Crippen molar-refractivity contribution in [2.24, 2.45) is 17.8 Å². The number of rotatable bonds is 13. The molecule has 0 aliphatic heterocycles. The van der Waals surface area contributed by atoms with Gasteiger partial charge in [-0.2, -0.15) is 0 Å². The molecule has 4 aliphatic carbocycles. The average Bonchev–Trinajstić information content (AvgIpc) is 3.05. The van der Waals surface area contributed by atoms with Crippen LogP contribution in [0.1, 0.15) is 68.6 Å². The molecule has 3 aromatic carbocycles. The Morgan fingerprint density at radius 1 is 0.875 bits per heavy atom. The first kappa shape index (κ1) is 34.8. The number of hydrogen-bond donors (Lipinski definition) is 1. The molecule has 4 fully saturated rings. The van der Waals surface area contributed by atoms with Gasteiger partial charge in [-0.15, -0.1) is 0 Å². The van der Waals surface area contributed by atoms with Crippen LogP contribution in [0.5, 0.6) is 0 Å².